The lowest BCUT2D eigenvalue weighted by molar-refractivity contribution is -0.184. The third-order valence-electron chi connectivity index (χ3n) is 2.18. The summed E-state index contributed by atoms with van der Waals surface area (Å²) in [7, 11) is 0. The Kier molecular flexibility index (Phi) is 3.24. The number of nitrogens with one attached hydrogen (secondary N) is 2. The van der Waals surface area contributed by atoms with Gasteiger partial charge in [0.25, 0.3) is 5.91 Å². The first-order valence-electron chi connectivity index (χ1n) is 5.02. The fraction of sp³-hybridized carbons (Fsp3) is 0.182. The molecule has 18 heavy (non-hydrogen) atoms. The van der Waals surface area contributed by atoms with Gasteiger partial charge >= 0.3 is 6.18 Å². The Morgan fingerprint density at radius 3 is 2.72 bits per heavy atom. The Balaban J connectivity index is 2.01. The van der Waals surface area contributed by atoms with E-state index in [1.54, 1.807) is 29.7 Å². The van der Waals surface area contributed by atoms with Crippen LogP contribution in [0.25, 0.3) is 10.9 Å². The lowest BCUT2D eigenvalue weighted by Gasteiger charge is -2.07. The Bertz CT molecular complexity index is 530. The van der Waals surface area contributed by atoms with E-state index < -0.39 is 18.7 Å². The number of hydrogen-bond acceptors (Lipinski definition) is 2. The number of H-pyrrole nitrogens is 1. The van der Waals surface area contributed by atoms with Crippen LogP contribution in [-0.2, 0) is 4.84 Å². The fourth-order valence-electron chi connectivity index (χ4n) is 1.43. The smallest absolute Gasteiger partial charge is 0.350 e. The summed E-state index contributed by atoms with van der Waals surface area (Å²) in [6.45, 7) is -1.53. The summed E-state index contributed by atoms with van der Waals surface area (Å²) in [6, 6.07) is 8.63. The van der Waals surface area contributed by atoms with Gasteiger partial charge in [0.2, 0.25) is 0 Å². The van der Waals surface area contributed by atoms with Crippen molar-refractivity contribution in [3.63, 3.8) is 0 Å². The predicted molar refractivity (Wildman–Crippen MR) is 57.8 cm³/mol. The van der Waals surface area contributed by atoms with Crippen molar-refractivity contribution in [1.82, 2.24) is 10.5 Å². The molecule has 0 radical (unpaired) electrons. The van der Waals surface area contributed by atoms with Crippen LogP contribution in [-0.4, -0.2) is 23.7 Å². The van der Waals surface area contributed by atoms with Gasteiger partial charge in [0, 0.05) is 10.9 Å². The molecule has 1 aromatic heterocycles. The lowest BCUT2D eigenvalue weighted by Crippen LogP contribution is -2.29. The molecule has 4 nitrogen and oxygen atoms in total. The molecule has 0 spiro atoms. The number of hydrogen-bond donors (Lipinski definition) is 2. The molecule has 7 heteroatoms. The van der Waals surface area contributed by atoms with Crippen LogP contribution in [0.15, 0.2) is 30.3 Å². The second kappa shape index (κ2) is 4.69. The first-order chi connectivity index (χ1) is 8.46. The van der Waals surface area contributed by atoms with Crippen LogP contribution in [0, 0.1) is 0 Å². The number of aromatic nitrogens is 1. The second-order valence-electron chi connectivity index (χ2n) is 3.61. The molecule has 1 amide bonds. The number of alkyl halides is 3. The van der Waals surface area contributed by atoms with Crippen molar-refractivity contribution in [3.8, 4) is 0 Å². The quantitative estimate of drug-likeness (QED) is 0.830. The highest BCUT2D eigenvalue weighted by Gasteiger charge is 2.28. The average Bonchev–Trinajstić information content (AvgIpc) is 2.70. The number of halogens is 3. The zero-order valence-electron chi connectivity index (χ0n) is 9.04. The third kappa shape index (κ3) is 3.01. The van der Waals surface area contributed by atoms with Crippen LogP contribution in [0.3, 0.4) is 0 Å². The van der Waals surface area contributed by atoms with Crippen molar-refractivity contribution in [1.29, 1.82) is 0 Å². The minimum Gasteiger partial charge on any atom is -0.350 e. The van der Waals surface area contributed by atoms with Crippen LogP contribution in [0.1, 0.15) is 10.5 Å². The standard InChI is InChI=1S/C11H9F3N2O2/c12-11(13,14)6-18-16-10(17)9-5-7-3-1-2-4-8(7)15-9/h1-5,15H,6H2,(H,16,17). The van der Waals surface area contributed by atoms with Crippen LogP contribution in [0.2, 0.25) is 0 Å². The number of benzene rings is 1. The monoisotopic (exact) mass is 258 g/mol. The minimum atomic E-state index is -4.48. The first kappa shape index (κ1) is 12.4. The number of hydroxylamine groups is 1. The van der Waals surface area contributed by atoms with Crippen LogP contribution < -0.4 is 5.48 Å². The summed E-state index contributed by atoms with van der Waals surface area (Å²) in [5.41, 5.74) is 2.58. The van der Waals surface area contributed by atoms with Crippen molar-refractivity contribution in [3.05, 3.63) is 36.0 Å². The van der Waals surface area contributed by atoms with E-state index in [0.29, 0.717) is 0 Å². The van der Waals surface area contributed by atoms with E-state index in [0.717, 1.165) is 10.9 Å². The molecule has 0 atom stereocenters. The highest BCUT2D eigenvalue weighted by molar-refractivity contribution is 5.97. The van der Waals surface area contributed by atoms with Gasteiger partial charge in [-0.25, -0.2) is 5.48 Å². The second-order valence-corrected chi connectivity index (χ2v) is 3.61. The van der Waals surface area contributed by atoms with E-state index in [4.69, 9.17) is 0 Å². The highest BCUT2D eigenvalue weighted by Crippen LogP contribution is 2.15. The maximum atomic E-state index is 11.8. The van der Waals surface area contributed by atoms with Crippen molar-refractivity contribution < 1.29 is 22.8 Å². The van der Waals surface area contributed by atoms with Crippen LogP contribution >= 0.6 is 0 Å². The molecule has 2 N–H and O–H groups in total. The molecule has 2 rings (SSSR count). The van der Waals surface area contributed by atoms with Crippen LogP contribution in [0.4, 0.5) is 13.2 Å². The fourth-order valence-corrected chi connectivity index (χ4v) is 1.43. The number of carbonyl (C=O) groups excluding carboxylic acids is 1. The summed E-state index contributed by atoms with van der Waals surface area (Å²) in [6.07, 6.45) is -4.48. The molecule has 0 bridgehead atoms. The number of fused-ring (bicyclic) bond motifs is 1. The number of rotatable bonds is 3. The Labute approximate surface area is 99.7 Å². The number of para-hydroxylation sites is 1. The van der Waals surface area contributed by atoms with E-state index in [1.165, 1.54) is 6.07 Å². The molecule has 0 aliphatic rings. The van der Waals surface area contributed by atoms with Gasteiger partial charge in [0.15, 0.2) is 6.61 Å². The van der Waals surface area contributed by atoms with Gasteiger partial charge in [-0.3, -0.25) is 9.63 Å². The molecule has 0 saturated carbocycles. The van der Waals surface area contributed by atoms with E-state index in [2.05, 4.69) is 9.82 Å². The molecular weight excluding hydrogens is 249 g/mol. The zero-order chi connectivity index (χ0) is 13.2. The van der Waals surface area contributed by atoms with Gasteiger partial charge in [-0.15, -0.1) is 0 Å². The maximum Gasteiger partial charge on any atom is 0.414 e. The summed E-state index contributed by atoms with van der Waals surface area (Å²) in [5.74, 6) is -0.754. The first-order valence-corrected chi connectivity index (χ1v) is 5.02. The van der Waals surface area contributed by atoms with Gasteiger partial charge in [0.05, 0.1) is 0 Å². The highest BCUT2D eigenvalue weighted by atomic mass is 19.4. The Morgan fingerprint density at radius 2 is 2.06 bits per heavy atom. The van der Waals surface area contributed by atoms with Gasteiger partial charge in [-0.05, 0) is 12.1 Å². The summed E-state index contributed by atoms with van der Waals surface area (Å²) >= 11 is 0. The molecule has 0 aliphatic heterocycles. The summed E-state index contributed by atoms with van der Waals surface area (Å²) < 4.78 is 35.4. The van der Waals surface area contributed by atoms with Crippen molar-refractivity contribution in [2.75, 3.05) is 6.61 Å². The minimum absolute atomic E-state index is 0.137. The molecule has 0 unspecified atom stereocenters. The number of amides is 1. The largest absolute Gasteiger partial charge is 0.414 e. The van der Waals surface area contributed by atoms with E-state index in [-0.39, 0.29) is 5.69 Å². The number of carbonyl (C=O) groups is 1. The van der Waals surface area contributed by atoms with Crippen molar-refractivity contribution in [2.45, 2.75) is 6.18 Å². The third-order valence-corrected chi connectivity index (χ3v) is 2.18. The predicted octanol–water partition coefficient (Wildman–Crippen LogP) is 2.39. The van der Waals surface area contributed by atoms with Gasteiger partial charge in [-0.1, -0.05) is 18.2 Å². The molecule has 0 aliphatic carbocycles. The molecule has 1 aromatic carbocycles. The lowest BCUT2D eigenvalue weighted by atomic mass is 10.2. The molecule has 0 saturated heterocycles. The van der Waals surface area contributed by atoms with Gasteiger partial charge < -0.3 is 4.98 Å². The summed E-state index contributed by atoms with van der Waals surface area (Å²) in [4.78, 5) is 18.3. The molecule has 2 aromatic rings. The molecule has 96 valence electrons. The normalized spacial score (nSPS) is 11.7. The van der Waals surface area contributed by atoms with Gasteiger partial charge in [0.1, 0.15) is 5.69 Å². The number of aromatic amines is 1. The van der Waals surface area contributed by atoms with E-state index in [9.17, 15) is 18.0 Å². The van der Waals surface area contributed by atoms with Crippen molar-refractivity contribution >= 4 is 16.8 Å². The van der Waals surface area contributed by atoms with E-state index in [1.807, 2.05) is 0 Å². The van der Waals surface area contributed by atoms with Crippen LogP contribution in [0.5, 0.6) is 0 Å². The molecule has 0 fully saturated rings. The average molecular weight is 258 g/mol. The zero-order valence-corrected chi connectivity index (χ0v) is 9.04. The SMILES string of the molecule is O=C(NOCC(F)(F)F)c1cc2ccccc2[nH]1. The van der Waals surface area contributed by atoms with Gasteiger partial charge in [-0.2, -0.15) is 13.2 Å². The Hall–Kier alpha value is -2.02. The van der Waals surface area contributed by atoms with Crippen molar-refractivity contribution in [2.24, 2.45) is 0 Å². The molecular formula is C11H9F3N2O2. The topological polar surface area (TPSA) is 54.1 Å². The maximum absolute atomic E-state index is 11.8. The Morgan fingerprint density at radius 1 is 1.33 bits per heavy atom. The molecule has 1 heterocycles. The van der Waals surface area contributed by atoms with E-state index >= 15 is 0 Å². The summed E-state index contributed by atoms with van der Waals surface area (Å²) in [5, 5.41) is 0.790.